The number of hydrogen-bond acceptors (Lipinski definition) is 4. The van der Waals surface area contributed by atoms with Crippen LogP contribution in [0.3, 0.4) is 0 Å². The summed E-state index contributed by atoms with van der Waals surface area (Å²) in [6.45, 7) is 6.42. The second kappa shape index (κ2) is 8.46. The van der Waals surface area contributed by atoms with Gasteiger partial charge in [-0.15, -0.1) is 0 Å². The zero-order chi connectivity index (χ0) is 18.4. The molecule has 0 aliphatic heterocycles. The molecule has 0 aliphatic rings. The minimum atomic E-state index is -0.912. The summed E-state index contributed by atoms with van der Waals surface area (Å²) in [5.41, 5.74) is 2.53. The number of nitrogens with one attached hydrogen (secondary N) is 1. The average Bonchev–Trinajstić information content (AvgIpc) is 2.59. The first kappa shape index (κ1) is 18.7. The third kappa shape index (κ3) is 4.47. The van der Waals surface area contributed by atoms with Gasteiger partial charge in [0.05, 0.1) is 24.3 Å². The van der Waals surface area contributed by atoms with Crippen molar-refractivity contribution < 1.29 is 14.6 Å². The summed E-state index contributed by atoms with van der Waals surface area (Å²) in [6, 6.07) is 5.19. The van der Waals surface area contributed by atoms with Crippen molar-refractivity contribution in [2.24, 2.45) is 0 Å². The monoisotopic (exact) mass is 344 g/mol. The van der Waals surface area contributed by atoms with Crippen molar-refractivity contribution >= 4 is 5.97 Å². The number of carbonyl (C=O) groups is 1. The van der Waals surface area contributed by atoms with Crippen LogP contribution in [0.5, 0.6) is 5.75 Å². The maximum Gasteiger partial charge on any atom is 0.307 e. The quantitative estimate of drug-likeness (QED) is 0.768. The zero-order valence-electron chi connectivity index (χ0n) is 14.9. The predicted octanol–water partition coefficient (Wildman–Crippen LogP) is 2.98. The van der Waals surface area contributed by atoms with E-state index in [0.717, 1.165) is 12.1 Å². The fraction of sp³-hybridized carbons (Fsp3) is 0.421. The van der Waals surface area contributed by atoms with E-state index in [1.165, 1.54) is 0 Å². The van der Waals surface area contributed by atoms with E-state index < -0.39 is 5.97 Å². The van der Waals surface area contributed by atoms with Gasteiger partial charge in [0.1, 0.15) is 11.6 Å². The van der Waals surface area contributed by atoms with Gasteiger partial charge in [-0.3, -0.25) is 9.59 Å². The number of carboxylic acid groups (broad SMARTS) is 1. The highest BCUT2D eigenvalue weighted by atomic mass is 16.5. The summed E-state index contributed by atoms with van der Waals surface area (Å²) in [6.07, 6.45) is 2.01. The number of hydrogen-bond donors (Lipinski definition) is 2. The molecular weight excluding hydrogens is 320 g/mol. The van der Waals surface area contributed by atoms with Crippen LogP contribution in [-0.4, -0.2) is 27.7 Å². The minimum absolute atomic E-state index is 0.0982. The lowest BCUT2D eigenvalue weighted by atomic mass is 10.1. The van der Waals surface area contributed by atoms with Crippen molar-refractivity contribution in [2.75, 3.05) is 6.61 Å². The number of H-pyrrole nitrogens is 1. The Labute approximate surface area is 146 Å². The van der Waals surface area contributed by atoms with Crippen molar-refractivity contribution in [2.45, 2.75) is 46.5 Å². The van der Waals surface area contributed by atoms with Crippen molar-refractivity contribution in [3.05, 3.63) is 45.4 Å². The third-order valence-electron chi connectivity index (χ3n) is 3.91. The molecule has 0 aliphatic carbocycles. The van der Waals surface area contributed by atoms with Gasteiger partial charge in [0, 0.05) is 5.56 Å². The van der Waals surface area contributed by atoms with E-state index in [2.05, 4.69) is 9.97 Å². The number of rotatable bonds is 8. The molecule has 1 heterocycles. The maximum atomic E-state index is 12.4. The molecule has 0 fully saturated rings. The second-order valence-corrected chi connectivity index (χ2v) is 5.80. The van der Waals surface area contributed by atoms with Gasteiger partial charge in [-0.25, -0.2) is 4.98 Å². The molecule has 2 N–H and O–H groups in total. The summed E-state index contributed by atoms with van der Waals surface area (Å²) in [5, 5.41) is 9.03. The van der Waals surface area contributed by atoms with Crippen LogP contribution in [0.15, 0.2) is 23.0 Å². The molecular formula is C19H24N2O4. The Kier molecular flexibility index (Phi) is 6.33. The van der Waals surface area contributed by atoms with Gasteiger partial charge in [-0.2, -0.15) is 0 Å². The van der Waals surface area contributed by atoms with Crippen molar-refractivity contribution in [1.29, 1.82) is 0 Å². The zero-order valence-corrected chi connectivity index (χ0v) is 14.9. The van der Waals surface area contributed by atoms with Crippen LogP contribution in [0.4, 0.5) is 0 Å². The molecule has 0 saturated carbocycles. The molecule has 1 aromatic carbocycles. The van der Waals surface area contributed by atoms with Crippen LogP contribution in [0.25, 0.3) is 11.4 Å². The Morgan fingerprint density at radius 2 is 2.00 bits per heavy atom. The number of carboxylic acids is 1. The van der Waals surface area contributed by atoms with Crippen LogP contribution in [0, 0.1) is 0 Å². The Morgan fingerprint density at radius 3 is 2.60 bits per heavy atom. The topological polar surface area (TPSA) is 92.3 Å². The molecule has 0 saturated heterocycles. The maximum absolute atomic E-state index is 12.4. The van der Waals surface area contributed by atoms with Crippen LogP contribution in [0.2, 0.25) is 0 Å². The molecule has 0 bridgehead atoms. The summed E-state index contributed by atoms with van der Waals surface area (Å²) < 4.78 is 5.76. The van der Waals surface area contributed by atoms with E-state index in [4.69, 9.17) is 9.84 Å². The van der Waals surface area contributed by atoms with Crippen molar-refractivity contribution in [3.8, 4) is 17.1 Å². The summed E-state index contributed by atoms with van der Waals surface area (Å²) in [7, 11) is 0. The largest absolute Gasteiger partial charge is 0.493 e. The Morgan fingerprint density at radius 1 is 1.24 bits per heavy atom. The van der Waals surface area contributed by atoms with Crippen molar-refractivity contribution in [1.82, 2.24) is 9.97 Å². The van der Waals surface area contributed by atoms with Crippen LogP contribution in [0.1, 0.15) is 44.0 Å². The van der Waals surface area contributed by atoms with Gasteiger partial charge in [-0.05, 0) is 37.0 Å². The third-order valence-corrected chi connectivity index (χ3v) is 3.91. The van der Waals surface area contributed by atoms with E-state index in [1.807, 2.05) is 20.8 Å². The van der Waals surface area contributed by atoms with Gasteiger partial charge in [0.2, 0.25) is 0 Å². The first-order chi connectivity index (χ1) is 12.0. The Bertz CT molecular complexity index is 812. The standard InChI is InChI=1S/C19H24N2O4/c1-4-9-25-16-8-7-12(11-17(22)23)10-14(16)18-20-15(6-3)13(5-2)19(24)21-18/h7-8,10H,4-6,9,11H2,1-3H3,(H,22,23)(H,20,21,24). The SMILES string of the molecule is CCCOc1ccc(CC(=O)O)cc1-c1nc(CC)c(CC)c(=O)[nH]1. The Balaban J connectivity index is 2.59. The molecule has 0 spiro atoms. The van der Waals surface area contributed by atoms with Crippen LogP contribution in [-0.2, 0) is 24.1 Å². The highest BCUT2D eigenvalue weighted by molar-refractivity contribution is 5.73. The molecule has 0 radical (unpaired) electrons. The lowest BCUT2D eigenvalue weighted by molar-refractivity contribution is -0.136. The predicted molar refractivity (Wildman–Crippen MR) is 96.2 cm³/mol. The van der Waals surface area contributed by atoms with Gasteiger partial charge in [0.15, 0.2) is 0 Å². The van der Waals surface area contributed by atoms with Gasteiger partial charge >= 0.3 is 5.97 Å². The molecule has 6 heteroatoms. The highest BCUT2D eigenvalue weighted by Crippen LogP contribution is 2.29. The molecule has 6 nitrogen and oxygen atoms in total. The van der Waals surface area contributed by atoms with E-state index in [0.29, 0.717) is 47.7 Å². The van der Waals surface area contributed by atoms with Crippen LogP contribution >= 0.6 is 0 Å². The molecule has 25 heavy (non-hydrogen) atoms. The Hall–Kier alpha value is -2.63. The average molecular weight is 344 g/mol. The van der Waals surface area contributed by atoms with Crippen LogP contribution < -0.4 is 10.3 Å². The van der Waals surface area contributed by atoms with E-state index >= 15 is 0 Å². The lowest BCUT2D eigenvalue weighted by Crippen LogP contribution is -2.18. The molecule has 134 valence electrons. The summed E-state index contributed by atoms with van der Waals surface area (Å²) >= 11 is 0. The number of aryl methyl sites for hydroxylation is 1. The number of benzene rings is 1. The minimum Gasteiger partial charge on any atom is -0.493 e. The molecule has 2 aromatic rings. The molecule has 2 rings (SSSR count). The number of aromatic nitrogens is 2. The molecule has 1 aromatic heterocycles. The highest BCUT2D eigenvalue weighted by Gasteiger charge is 2.15. The van der Waals surface area contributed by atoms with Crippen molar-refractivity contribution in [3.63, 3.8) is 0 Å². The normalized spacial score (nSPS) is 10.7. The first-order valence-corrected chi connectivity index (χ1v) is 8.60. The molecule has 0 amide bonds. The molecule has 0 atom stereocenters. The van der Waals surface area contributed by atoms with E-state index in [-0.39, 0.29) is 12.0 Å². The lowest BCUT2D eigenvalue weighted by Gasteiger charge is -2.13. The summed E-state index contributed by atoms with van der Waals surface area (Å²) in [5.74, 6) is 0.0908. The molecule has 0 unspecified atom stereocenters. The van der Waals surface area contributed by atoms with E-state index in [9.17, 15) is 9.59 Å². The summed E-state index contributed by atoms with van der Waals surface area (Å²) in [4.78, 5) is 30.8. The number of nitrogens with zero attached hydrogens (tertiary/aromatic N) is 1. The smallest absolute Gasteiger partial charge is 0.307 e. The fourth-order valence-electron chi connectivity index (χ4n) is 2.71. The number of ether oxygens (including phenoxy) is 1. The van der Waals surface area contributed by atoms with Gasteiger partial charge < -0.3 is 14.8 Å². The van der Waals surface area contributed by atoms with Gasteiger partial charge in [-0.1, -0.05) is 26.8 Å². The second-order valence-electron chi connectivity index (χ2n) is 5.80. The van der Waals surface area contributed by atoms with Gasteiger partial charge in [0.25, 0.3) is 5.56 Å². The fourth-order valence-corrected chi connectivity index (χ4v) is 2.71. The first-order valence-electron chi connectivity index (χ1n) is 8.60. The van der Waals surface area contributed by atoms with E-state index in [1.54, 1.807) is 18.2 Å². The number of aliphatic carboxylic acids is 1. The number of aromatic amines is 1.